The van der Waals surface area contributed by atoms with Gasteiger partial charge in [0.2, 0.25) is 5.91 Å². The Balaban J connectivity index is 1.94. The van der Waals surface area contributed by atoms with Crippen molar-refractivity contribution in [3.8, 4) is 5.75 Å². The van der Waals surface area contributed by atoms with Crippen LogP contribution in [0.5, 0.6) is 5.75 Å². The first-order valence-electron chi connectivity index (χ1n) is 6.81. The molecule has 1 aromatic rings. The SMILES string of the molecule is CC1CCN(C(=O)C(C)Sc2ccccc2O)CC1. The maximum absolute atomic E-state index is 12.3. The molecule has 0 bridgehead atoms. The third-order valence-electron chi connectivity index (χ3n) is 3.61. The quantitative estimate of drug-likeness (QED) is 0.864. The highest BCUT2D eigenvalue weighted by atomic mass is 32.2. The van der Waals surface area contributed by atoms with E-state index in [2.05, 4.69) is 6.92 Å². The lowest BCUT2D eigenvalue weighted by molar-refractivity contribution is -0.131. The molecule has 1 fully saturated rings. The number of hydrogen-bond donors (Lipinski definition) is 1. The van der Waals surface area contributed by atoms with E-state index in [4.69, 9.17) is 0 Å². The van der Waals surface area contributed by atoms with Crippen LogP contribution in [0.4, 0.5) is 0 Å². The molecule has 0 radical (unpaired) electrons. The fourth-order valence-corrected chi connectivity index (χ4v) is 3.26. The van der Waals surface area contributed by atoms with Crippen molar-refractivity contribution in [3.05, 3.63) is 24.3 Å². The maximum atomic E-state index is 12.3. The second-order valence-electron chi connectivity index (χ2n) is 5.24. The van der Waals surface area contributed by atoms with Crippen molar-refractivity contribution in [2.24, 2.45) is 5.92 Å². The van der Waals surface area contributed by atoms with Gasteiger partial charge < -0.3 is 10.0 Å². The van der Waals surface area contributed by atoms with Gasteiger partial charge in [0, 0.05) is 18.0 Å². The van der Waals surface area contributed by atoms with Gasteiger partial charge in [0.1, 0.15) is 5.75 Å². The lowest BCUT2D eigenvalue weighted by Gasteiger charge is -2.32. The first kappa shape index (κ1) is 14.3. The highest BCUT2D eigenvalue weighted by Gasteiger charge is 2.25. The molecule has 4 heteroatoms. The molecule has 1 aliphatic rings. The molecular weight excluding hydrogens is 258 g/mol. The summed E-state index contributed by atoms with van der Waals surface area (Å²) < 4.78 is 0. The molecule has 19 heavy (non-hydrogen) atoms. The highest BCUT2D eigenvalue weighted by molar-refractivity contribution is 8.00. The minimum atomic E-state index is -0.151. The predicted octanol–water partition coefficient (Wildman–Crippen LogP) is 3.13. The molecule has 0 aliphatic carbocycles. The van der Waals surface area contributed by atoms with Crippen molar-refractivity contribution in [2.45, 2.75) is 36.8 Å². The fourth-order valence-electron chi connectivity index (χ4n) is 2.28. The second kappa shape index (κ2) is 6.33. The molecule has 0 saturated carbocycles. The number of carbonyl (C=O) groups is 1. The van der Waals surface area contributed by atoms with Gasteiger partial charge in [-0.05, 0) is 37.8 Å². The van der Waals surface area contributed by atoms with Crippen LogP contribution in [0, 0.1) is 5.92 Å². The number of para-hydroxylation sites is 1. The van der Waals surface area contributed by atoms with Crippen LogP contribution in [0.3, 0.4) is 0 Å². The Morgan fingerprint density at radius 2 is 2.00 bits per heavy atom. The normalized spacial score (nSPS) is 18.3. The summed E-state index contributed by atoms with van der Waals surface area (Å²) in [6.45, 7) is 5.89. The summed E-state index contributed by atoms with van der Waals surface area (Å²) in [4.78, 5) is 15.1. The zero-order valence-electron chi connectivity index (χ0n) is 11.5. The Bertz CT molecular complexity index is 442. The van der Waals surface area contributed by atoms with Crippen molar-refractivity contribution >= 4 is 17.7 Å². The fraction of sp³-hybridized carbons (Fsp3) is 0.533. The Labute approximate surface area is 119 Å². The van der Waals surface area contributed by atoms with Crippen molar-refractivity contribution in [2.75, 3.05) is 13.1 Å². The molecule has 1 saturated heterocycles. The van der Waals surface area contributed by atoms with E-state index in [1.54, 1.807) is 12.1 Å². The van der Waals surface area contributed by atoms with Gasteiger partial charge in [-0.1, -0.05) is 19.1 Å². The number of phenolic OH excluding ortho intramolecular Hbond substituents is 1. The Kier molecular flexibility index (Phi) is 4.75. The van der Waals surface area contributed by atoms with Crippen LogP contribution in [0.25, 0.3) is 0 Å². The number of rotatable bonds is 3. The third-order valence-corrected chi connectivity index (χ3v) is 4.77. The van der Waals surface area contributed by atoms with E-state index in [0.29, 0.717) is 0 Å². The average Bonchev–Trinajstić information content (AvgIpc) is 2.41. The minimum absolute atomic E-state index is 0.151. The second-order valence-corrected chi connectivity index (χ2v) is 6.62. The number of amides is 1. The van der Waals surface area contributed by atoms with Gasteiger partial charge in [0.15, 0.2) is 0 Å². The summed E-state index contributed by atoms with van der Waals surface area (Å²) in [5, 5.41) is 9.59. The molecule has 1 atom stereocenters. The molecule has 1 aliphatic heterocycles. The number of nitrogens with zero attached hydrogens (tertiary/aromatic N) is 1. The summed E-state index contributed by atoms with van der Waals surface area (Å²) in [6.07, 6.45) is 2.19. The topological polar surface area (TPSA) is 40.5 Å². The van der Waals surface area contributed by atoms with Crippen molar-refractivity contribution in [1.29, 1.82) is 0 Å². The highest BCUT2D eigenvalue weighted by Crippen LogP contribution is 2.32. The van der Waals surface area contributed by atoms with Gasteiger partial charge in [0.05, 0.1) is 5.25 Å². The molecule has 3 nitrogen and oxygen atoms in total. The Morgan fingerprint density at radius 1 is 1.37 bits per heavy atom. The van der Waals surface area contributed by atoms with Crippen LogP contribution in [-0.2, 0) is 4.79 Å². The summed E-state index contributed by atoms with van der Waals surface area (Å²) in [7, 11) is 0. The summed E-state index contributed by atoms with van der Waals surface area (Å²) in [5.41, 5.74) is 0. The van der Waals surface area contributed by atoms with Crippen LogP contribution in [0.1, 0.15) is 26.7 Å². The zero-order valence-corrected chi connectivity index (χ0v) is 12.3. The molecule has 1 amide bonds. The average molecular weight is 279 g/mol. The van der Waals surface area contributed by atoms with Crippen LogP contribution in [0.2, 0.25) is 0 Å². The van der Waals surface area contributed by atoms with Crippen LogP contribution < -0.4 is 0 Å². The van der Waals surface area contributed by atoms with E-state index in [1.807, 2.05) is 24.0 Å². The molecule has 1 aromatic carbocycles. The van der Waals surface area contributed by atoms with Gasteiger partial charge in [-0.25, -0.2) is 0 Å². The maximum Gasteiger partial charge on any atom is 0.235 e. The Morgan fingerprint density at radius 3 is 2.63 bits per heavy atom. The van der Waals surface area contributed by atoms with E-state index < -0.39 is 0 Å². The summed E-state index contributed by atoms with van der Waals surface area (Å²) >= 11 is 1.43. The number of piperidine rings is 1. The van der Waals surface area contributed by atoms with Gasteiger partial charge in [-0.2, -0.15) is 0 Å². The number of likely N-dealkylation sites (tertiary alicyclic amines) is 1. The lowest BCUT2D eigenvalue weighted by Crippen LogP contribution is -2.41. The van der Waals surface area contributed by atoms with E-state index in [0.717, 1.165) is 36.7 Å². The number of benzene rings is 1. The van der Waals surface area contributed by atoms with Gasteiger partial charge in [-0.3, -0.25) is 4.79 Å². The van der Waals surface area contributed by atoms with E-state index in [9.17, 15) is 9.90 Å². The minimum Gasteiger partial charge on any atom is -0.507 e. The van der Waals surface area contributed by atoms with Crippen LogP contribution in [-0.4, -0.2) is 34.3 Å². The standard InChI is InChI=1S/C15H21NO2S/c1-11-7-9-16(10-8-11)15(18)12(2)19-14-6-4-3-5-13(14)17/h3-6,11-12,17H,7-10H2,1-2H3. The summed E-state index contributed by atoms with van der Waals surface area (Å²) in [6, 6.07) is 7.17. The number of thioether (sulfide) groups is 1. The first-order valence-corrected chi connectivity index (χ1v) is 7.69. The number of carbonyl (C=O) groups excluding carboxylic acids is 1. The number of hydrogen-bond acceptors (Lipinski definition) is 3. The smallest absolute Gasteiger partial charge is 0.235 e. The predicted molar refractivity (Wildman–Crippen MR) is 78.4 cm³/mol. The number of phenols is 1. The number of aromatic hydroxyl groups is 1. The summed E-state index contributed by atoms with van der Waals surface area (Å²) in [5.74, 6) is 1.16. The zero-order chi connectivity index (χ0) is 13.8. The monoisotopic (exact) mass is 279 g/mol. The molecule has 1 N–H and O–H groups in total. The largest absolute Gasteiger partial charge is 0.507 e. The lowest BCUT2D eigenvalue weighted by atomic mass is 9.99. The molecule has 0 spiro atoms. The van der Waals surface area contributed by atoms with E-state index >= 15 is 0 Å². The van der Waals surface area contributed by atoms with Gasteiger partial charge in [-0.15, -0.1) is 11.8 Å². The van der Waals surface area contributed by atoms with Crippen molar-refractivity contribution in [1.82, 2.24) is 4.90 Å². The van der Waals surface area contributed by atoms with Crippen LogP contribution in [0.15, 0.2) is 29.2 Å². The van der Waals surface area contributed by atoms with Gasteiger partial charge >= 0.3 is 0 Å². The van der Waals surface area contributed by atoms with E-state index in [-0.39, 0.29) is 16.9 Å². The first-order chi connectivity index (χ1) is 9.08. The van der Waals surface area contributed by atoms with E-state index in [1.165, 1.54) is 11.8 Å². The van der Waals surface area contributed by atoms with Crippen LogP contribution >= 0.6 is 11.8 Å². The molecule has 0 aromatic heterocycles. The third kappa shape index (κ3) is 3.66. The molecule has 1 unspecified atom stereocenters. The molecule has 2 rings (SSSR count). The Hall–Kier alpha value is -1.16. The van der Waals surface area contributed by atoms with Gasteiger partial charge in [0.25, 0.3) is 0 Å². The van der Waals surface area contributed by atoms with Crippen molar-refractivity contribution in [3.63, 3.8) is 0 Å². The molecular formula is C15H21NO2S. The molecule has 104 valence electrons. The van der Waals surface area contributed by atoms with Crippen molar-refractivity contribution < 1.29 is 9.90 Å². The molecule has 1 heterocycles.